The molecule has 2 N–H and O–H groups in total. The van der Waals surface area contributed by atoms with Crippen LogP contribution in [-0.4, -0.2) is 31.8 Å². The van der Waals surface area contributed by atoms with Gasteiger partial charge in [-0.3, -0.25) is 10.00 Å². The third-order valence-electron chi connectivity index (χ3n) is 4.79. The van der Waals surface area contributed by atoms with Crippen molar-refractivity contribution in [3.05, 3.63) is 78.2 Å². The molecular weight excluding hydrogens is 364 g/mol. The monoisotopic (exact) mass is 384 g/mol. The maximum absolute atomic E-state index is 4.69. The highest BCUT2D eigenvalue weighted by Crippen LogP contribution is 2.42. The normalized spacial score (nSPS) is 12.9. The predicted octanol–water partition coefficient (Wildman–Crippen LogP) is 3.76. The third kappa shape index (κ3) is 3.36. The molecule has 4 aromatic rings. The molecule has 2 aromatic heterocycles. The zero-order chi connectivity index (χ0) is 19.6. The summed E-state index contributed by atoms with van der Waals surface area (Å²) in [6, 6.07) is 20.3. The number of rotatable bonds is 5. The maximum Gasteiger partial charge on any atom is 0.236 e. The summed E-state index contributed by atoms with van der Waals surface area (Å²) in [7, 11) is 0. The molecule has 0 radical (unpaired) electrons. The number of aromatic amines is 1. The van der Waals surface area contributed by atoms with Gasteiger partial charge in [-0.1, -0.05) is 42.5 Å². The molecular formula is C21H20N8. The molecule has 3 heterocycles. The Hall–Kier alpha value is -3.94. The van der Waals surface area contributed by atoms with Crippen LogP contribution in [0.1, 0.15) is 11.4 Å². The molecule has 8 heteroatoms. The van der Waals surface area contributed by atoms with Crippen LogP contribution in [0, 0.1) is 6.92 Å². The van der Waals surface area contributed by atoms with Crippen molar-refractivity contribution in [1.29, 1.82) is 0 Å². The second-order valence-electron chi connectivity index (χ2n) is 6.77. The minimum atomic E-state index is 0.564. The topological polar surface area (TPSA) is 85.9 Å². The molecule has 0 unspecified atom stereocenters. The molecule has 2 aromatic carbocycles. The van der Waals surface area contributed by atoms with Crippen molar-refractivity contribution >= 4 is 29.1 Å². The van der Waals surface area contributed by atoms with Crippen LogP contribution in [0.5, 0.6) is 0 Å². The molecule has 0 amide bonds. The highest BCUT2D eigenvalue weighted by molar-refractivity contribution is 5.84. The molecule has 0 aliphatic carbocycles. The van der Waals surface area contributed by atoms with E-state index in [0.29, 0.717) is 30.9 Å². The van der Waals surface area contributed by atoms with E-state index in [1.165, 1.54) is 5.56 Å². The minimum absolute atomic E-state index is 0.564. The van der Waals surface area contributed by atoms with Gasteiger partial charge in [0.15, 0.2) is 0 Å². The SMILES string of the molecule is Cc1nc(NCc2ccccc2)nc(N2CN(c3ccn[nH]3)c3ccccc32)n1. The van der Waals surface area contributed by atoms with E-state index in [9.17, 15) is 0 Å². The number of H-pyrrole nitrogens is 1. The first kappa shape index (κ1) is 17.2. The lowest BCUT2D eigenvalue weighted by Crippen LogP contribution is -2.26. The lowest BCUT2D eigenvalue weighted by Gasteiger charge is -2.19. The van der Waals surface area contributed by atoms with Crippen LogP contribution in [0.25, 0.3) is 0 Å². The number of anilines is 5. The van der Waals surface area contributed by atoms with Crippen LogP contribution in [0.4, 0.5) is 29.1 Å². The largest absolute Gasteiger partial charge is 0.350 e. The van der Waals surface area contributed by atoms with Crippen LogP contribution < -0.4 is 15.1 Å². The number of benzene rings is 2. The number of nitrogens with zero attached hydrogens (tertiary/aromatic N) is 6. The van der Waals surface area contributed by atoms with Crippen molar-refractivity contribution < 1.29 is 0 Å². The first-order valence-corrected chi connectivity index (χ1v) is 9.42. The van der Waals surface area contributed by atoms with Gasteiger partial charge in [0.25, 0.3) is 0 Å². The molecule has 0 bridgehead atoms. The Morgan fingerprint density at radius 2 is 1.66 bits per heavy atom. The quantitative estimate of drug-likeness (QED) is 0.542. The van der Waals surface area contributed by atoms with Crippen molar-refractivity contribution in [2.75, 3.05) is 21.8 Å². The van der Waals surface area contributed by atoms with E-state index in [2.05, 4.69) is 64.5 Å². The van der Waals surface area contributed by atoms with Crippen molar-refractivity contribution in [2.45, 2.75) is 13.5 Å². The van der Waals surface area contributed by atoms with Crippen LogP contribution >= 0.6 is 0 Å². The molecule has 144 valence electrons. The van der Waals surface area contributed by atoms with E-state index in [1.54, 1.807) is 6.20 Å². The summed E-state index contributed by atoms with van der Waals surface area (Å²) in [6.45, 7) is 3.12. The van der Waals surface area contributed by atoms with Crippen molar-refractivity contribution in [3.8, 4) is 0 Å². The molecule has 1 aliphatic heterocycles. The summed E-state index contributed by atoms with van der Waals surface area (Å²) >= 11 is 0. The van der Waals surface area contributed by atoms with E-state index in [4.69, 9.17) is 0 Å². The molecule has 29 heavy (non-hydrogen) atoms. The summed E-state index contributed by atoms with van der Waals surface area (Å²) in [5.74, 6) is 2.77. The second-order valence-corrected chi connectivity index (χ2v) is 6.77. The van der Waals surface area contributed by atoms with E-state index in [1.807, 2.05) is 43.3 Å². The predicted molar refractivity (Wildman–Crippen MR) is 113 cm³/mol. The van der Waals surface area contributed by atoms with Gasteiger partial charge >= 0.3 is 0 Å². The van der Waals surface area contributed by atoms with E-state index in [0.717, 1.165) is 17.2 Å². The smallest absolute Gasteiger partial charge is 0.236 e. The standard InChI is InChI=1S/C21H20N8/c1-15-24-20(22-13-16-7-3-2-4-8-16)26-21(25-15)29-14-28(19-11-12-23-27-19)17-9-5-6-10-18(17)29/h2-12H,13-14H2,1H3,(H,23,27)(H,22,24,25,26). The van der Waals surface area contributed by atoms with Gasteiger partial charge in [0.2, 0.25) is 11.9 Å². The number of nitrogens with one attached hydrogen (secondary N) is 2. The molecule has 0 saturated carbocycles. The summed E-state index contributed by atoms with van der Waals surface area (Å²) in [5.41, 5.74) is 3.29. The number of fused-ring (bicyclic) bond motifs is 1. The molecule has 8 nitrogen and oxygen atoms in total. The zero-order valence-electron chi connectivity index (χ0n) is 15.9. The second kappa shape index (κ2) is 7.23. The van der Waals surface area contributed by atoms with Crippen molar-refractivity contribution in [2.24, 2.45) is 0 Å². The maximum atomic E-state index is 4.69. The molecule has 0 saturated heterocycles. The Labute approximate surface area is 168 Å². The Morgan fingerprint density at radius 1 is 0.897 bits per heavy atom. The lowest BCUT2D eigenvalue weighted by molar-refractivity contribution is 0.878. The van der Waals surface area contributed by atoms with Gasteiger partial charge in [-0.25, -0.2) is 0 Å². The summed E-state index contributed by atoms with van der Waals surface area (Å²) in [5, 5.41) is 10.4. The Morgan fingerprint density at radius 3 is 2.41 bits per heavy atom. The Kier molecular flexibility index (Phi) is 4.28. The van der Waals surface area contributed by atoms with Gasteiger partial charge in [-0.05, 0) is 24.6 Å². The minimum Gasteiger partial charge on any atom is -0.350 e. The highest BCUT2D eigenvalue weighted by atomic mass is 15.5. The highest BCUT2D eigenvalue weighted by Gasteiger charge is 2.30. The van der Waals surface area contributed by atoms with Gasteiger partial charge in [0, 0.05) is 12.6 Å². The van der Waals surface area contributed by atoms with Crippen LogP contribution in [0.2, 0.25) is 0 Å². The summed E-state index contributed by atoms with van der Waals surface area (Å²) in [4.78, 5) is 18.0. The number of hydrogen-bond donors (Lipinski definition) is 2. The first-order chi connectivity index (χ1) is 14.3. The average Bonchev–Trinajstić information content (AvgIpc) is 3.40. The van der Waals surface area contributed by atoms with Crippen LogP contribution in [0.3, 0.4) is 0 Å². The van der Waals surface area contributed by atoms with Crippen LogP contribution in [0.15, 0.2) is 66.9 Å². The van der Waals surface area contributed by atoms with E-state index in [-0.39, 0.29) is 0 Å². The Bertz CT molecular complexity index is 1110. The number of aromatic nitrogens is 5. The Balaban J connectivity index is 1.45. The fourth-order valence-corrected chi connectivity index (χ4v) is 3.43. The van der Waals surface area contributed by atoms with Gasteiger partial charge in [-0.2, -0.15) is 20.1 Å². The molecule has 0 fully saturated rings. The summed E-state index contributed by atoms with van der Waals surface area (Å²) < 4.78 is 0. The molecule has 1 aliphatic rings. The fraction of sp³-hybridized carbons (Fsp3) is 0.143. The van der Waals surface area contributed by atoms with Gasteiger partial charge in [0.05, 0.1) is 17.6 Å². The van der Waals surface area contributed by atoms with Gasteiger partial charge < -0.3 is 10.2 Å². The molecule has 0 spiro atoms. The molecule has 0 atom stereocenters. The zero-order valence-corrected chi connectivity index (χ0v) is 15.9. The van der Waals surface area contributed by atoms with E-state index >= 15 is 0 Å². The summed E-state index contributed by atoms with van der Waals surface area (Å²) in [6.07, 6.45) is 1.75. The third-order valence-corrected chi connectivity index (χ3v) is 4.79. The van der Waals surface area contributed by atoms with Crippen LogP contribution in [-0.2, 0) is 6.54 Å². The number of para-hydroxylation sites is 2. The average molecular weight is 384 g/mol. The van der Waals surface area contributed by atoms with Crippen molar-refractivity contribution in [3.63, 3.8) is 0 Å². The lowest BCUT2D eigenvalue weighted by atomic mass is 10.2. The first-order valence-electron chi connectivity index (χ1n) is 9.42. The van der Waals surface area contributed by atoms with Gasteiger partial charge in [0.1, 0.15) is 18.3 Å². The fourth-order valence-electron chi connectivity index (χ4n) is 3.43. The van der Waals surface area contributed by atoms with Crippen molar-refractivity contribution in [1.82, 2.24) is 25.1 Å². The molecule has 5 rings (SSSR count). The number of hydrogen-bond acceptors (Lipinski definition) is 7. The number of aryl methyl sites for hydroxylation is 1. The van der Waals surface area contributed by atoms with E-state index < -0.39 is 0 Å². The van der Waals surface area contributed by atoms with Gasteiger partial charge in [-0.15, -0.1) is 0 Å².